The molecule has 0 saturated heterocycles. The van der Waals surface area contributed by atoms with Gasteiger partial charge in [0.15, 0.2) is 5.13 Å². The number of aryl methyl sites for hydroxylation is 1. The molecule has 0 aliphatic heterocycles. The molecule has 0 aliphatic rings. The molecule has 1 aromatic heterocycles. The lowest BCUT2D eigenvalue weighted by atomic mass is 10.2. The molecular formula is C18H14ClN3O2S. The highest BCUT2D eigenvalue weighted by Gasteiger charge is 2.17. The van der Waals surface area contributed by atoms with E-state index in [1.807, 2.05) is 18.2 Å². The number of para-hydroxylation sites is 1. The predicted molar refractivity (Wildman–Crippen MR) is 101 cm³/mol. The average molecular weight is 372 g/mol. The van der Waals surface area contributed by atoms with Crippen LogP contribution in [-0.4, -0.2) is 16.8 Å². The van der Waals surface area contributed by atoms with Crippen LogP contribution in [0.2, 0.25) is 5.02 Å². The zero-order valence-electron chi connectivity index (χ0n) is 13.2. The number of hydrogen-bond donors (Lipinski definition) is 2. The second kappa shape index (κ2) is 7.46. The van der Waals surface area contributed by atoms with Crippen LogP contribution in [0.25, 0.3) is 0 Å². The number of carbonyl (C=O) groups excluding carboxylic acids is 2. The van der Waals surface area contributed by atoms with E-state index in [1.54, 1.807) is 43.3 Å². The summed E-state index contributed by atoms with van der Waals surface area (Å²) in [6.45, 7) is 1.73. The normalized spacial score (nSPS) is 10.3. The molecule has 126 valence electrons. The van der Waals surface area contributed by atoms with E-state index in [1.165, 1.54) is 0 Å². The van der Waals surface area contributed by atoms with Crippen LogP contribution in [-0.2, 0) is 0 Å². The Morgan fingerprint density at radius 1 is 0.960 bits per heavy atom. The zero-order chi connectivity index (χ0) is 17.8. The van der Waals surface area contributed by atoms with Crippen LogP contribution in [0.1, 0.15) is 25.7 Å². The quantitative estimate of drug-likeness (QED) is 0.703. The van der Waals surface area contributed by atoms with Gasteiger partial charge in [-0.05, 0) is 43.3 Å². The highest BCUT2D eigenvalue weighted by Crippen LogP contribution is 2.24. The number of hydrogen-bond acceptors (Lipinski definition) is 4. The second-order valence-electron chi connectivity index (χ2n) is 5.21. The molecule has 2 N–H and O–H groups in total. The summed E-state index contributed by atoms with van der Waals surface area (Å²) in [5.41, 5.74) is 1.73. The number of carbonyl (C=O) groups is 2. The highest BCUT2D eigenvalue weighted by atomic mass is 35.5. The van der Waals surface area contributed by atoms with Crippen molar-refractivity contribution in [2.24, 2.45) is 0 Å². The molecule has 0 fully saturated rings. The van der Waals surface area contributed by atoms with Gasteiger partial charge in [0, 0.05) is 16.3 Å². The van der Waals surface area contributed by atoms with Gasteiger partial charge in [-0.25, -0.2) is 4.98 Å². The maximum absolute atomic E-state index is 12.4. The third-order valence-corrected chi connectivity index (χ3v) is 4.68. The highest BCUT2D eigenvalue weighted by molar-refractivity contribution is 7.17. The minimum absolute atomic E-state index is 0.256. The van der Waals surface area contributed by atoms with Crippen LogP contribution >= 0.6 is 22.9 Å². The Balaban J connectivity index is 1.72. The van der Waals surface area contributed by atoms with Gasteiger partial charge in [0.05, 0.1) is 5.69 Å². The van der Waals surface area contributed by atoms with E-state index in [-0.39, 0.29) is 11.8 Å². The van der Waals surface area contributed by atoms with Gasteiger partial charge in [-0.15, -0.1) is 0 Å². The summed E-state index contributed by atoms with van der Waals surface area (Å²) in [6, 6.07) is 15.7. The Bertz CT molecular complexity index is 908. The molecule has 2 aromatic carbocycles. The number of thiazole rings is 1. The van der Waals surface area contributed by atoms with E-state index < -0.39 is 0 Å². The van der Waals surface area contributed by atoms with Crippen molar-refractivity contribution in [3.05, 3.63) is 75.8 Å². The summed E-state index contributed by atoms with van der Waals surface area (Å²) in [7, 11) is 0. The van der Waals surface area contributed by atoms with E-state index in [4.69, 9.17) is 11.6 Å². The standard InChI is InChI=1S/C18H14ClN3O2S/c1-11-15(17(24)21-14-5-3-2-4-6-14)25-18(20-11)22-16(23)12-7-9-13(19)10-8-12/h2-10H,1H3,(H,21,24)(H,20,22,23). The van der Waals surface area contributed by atoms with E-state index in [0.29, 0.717) is 32.0 Å². The smallest absolute Gasteiger partial charge is 0.267 e. The van der Waals surface area contributed by atoms with Gasteiger partial charge >= 0.3 is 0 Å². The third kappa shape index (κ3) is 4.23. The van der Waals surface area contributed by atoms with Gasteiger partial charge in [-0.3, -0.25) is 14.9 Å². The van der Waals surface area contributed by atoms with Crippen molar-refractivity contribution < 1.29 is 9.59 Å². The van der Waals surface area contributed by atoms with Crippen LogP contribution in [0.15, 0.2) is 54.6 Å². The summed E-state index contributed by atoms with van der Waals surface area (Å²) in [4.78, 5) is 29.3. The van der Waals surface area contributed by atoms with Crippen molar-refractivity contribution in [2.45, 2.75) is 6.92 Å². The molecule has 25 heavy (non-hydrogen) atoms. The first-order chi connectivity index (χ1) is 12.0. The van der Waals surface area contributed by atoms with Crippen molar-refractivity contribution >= 4 is 45.6 Å². The molecule has 5 nitrogen and oxygen atoms in total. The van der Waals surface area contributed by atoms with Crippen molar-refractivity contribution in [1.29, 1.82) is 0 Å². The summed E-state index contributed by atoms with van der Waals surface area (Å²) in [5.74, 6) is -0.561. The van der Waals surface area contributed by atoms with Crippen molar-refractivity contribution in [3.8, 4) is 0 Å². The van der Waals surface area contributed by atoms with E-state index >= 15 is 0 Å². The summed E-state index contributed by atoms with van der Waals surface area (Å²) >= 11 is 6.95. The number of rotatable bonds is 4. The van der Waals surface area contributed by atoms with E-state index in [0.717, 1.165) is 11.3 Å². The maximum atomic E-state index is 12.4. The molecular weight excluding hydrogens is 358 g/mol. The Hall–Kier alpha value is -2.70. The summed E-state index contributed by atoms with van der Waals surface area (Å²) in [5, 5.41) is 6.44. The molecule has 3 rings (SSSR count). The first-order valence-electron chi connectivity index (χ1n) is 7.43. The minimum Gasteiger partial charge on any atom is -0.321 e. The van der Waals surface area contributed by atoms with Crippen LogP contribution in [0.3, 0.4) is 0 Å². The zero-order valence-corrected chi connectivity index (χ0v) is 14.8. The van der Waals surface area contributed by atoms with Crippen molar-refractivity contribution in [1.82, 2.24) is 4.98 Å². The van der Waals surface area contributed by atoms with Gasteiger partial charge in [-0.2, -0.15) is 0 Å². The lowest BCUT2D eigenvalue weighted by molar-refractivity contribution is 0.102. The molecule has 0 aliphatic carbocycles. The van der Waals surface area contributed by atoms with Gasteiger partial charge in [0.2, 0.25) is 0 Å². The van der Waals surface area contributed by atoms with Crippen LogP contribution in [0.5, 0.6) is 0 Å². The first kappa shape index (κ1) is 17.1. The molecule has 0 saturated carbocycles. The Morgan fingerprint density at radius 2 is 1.64 bits per heavy atom. The van der Waals surface area contributed by atoms with Crippen molar-refractivity contribution in [2.75, 3.05) is 10.6 Å². The molecule has 2 amide bonds. The van der Waals surface area contributed by atoms with Gasteiger partial charge < -0.3 is 5.32 Å². The van der Waals surface area contributed by atoms with E-state index in [9.17, 15) is 9.59 Å². The lowest BCUT2D eigenvalue weighted by Crippen LogP contribution is -2.11. The fourth-order valence-corrected chi connectivity index (χ4v) is 3.12. The molecule has 0 radical (unpaired) electrons. The number of benzene rings is 2. The Morgan fingerprint density at radius 3 is 2.32 bits per heavy atom. The number of anilines is 2. The van der Waals surface area contributed by atoms with Gasteiger partial charge in [0.25, 0.3) is 11.8 Å². The predicted octanol–water partition coefficient (Wildman–Crippen LogP) is 4.61. The molecule has 0 bridgehead atoms. The van der Waals surface area contributed by atoms with E-state index in [2.05, 4.69) is 15.6 Å². The Labute approximate surface area is 153 Å². The topological polar surface area (TPSA) is 71.1 Å². The van der Waals surface area contributed by atoms with Crippen LogP contribution in [0, 0.1) is 6.92 Å². The maximum Gasteiger partial charge on any atom is 0.267 e. The average Bonchev–Trinajstić information content (AvgIpc) is 2.96. The molecule has 1 heterocycles. The summed E-state index contributed by atoms with van der Waals surface area (Å²) < 4.78 is 0. The number of aromatic nitrogens is 1. The van der Waals surface area contributed by atoms with Crippen LogP contribution in [0.4, 0.5) is 10.8 Å². The third-order valence-electron chi connectivity index (χ3n) is 3.36. The minimum atomic E-state index is -0.305. The summed E-state index contributed by atoms with van der Waals surface area (Å²) in [6.07, 6.45) is 0. The largest absolute Gasteiger partial charge is 0.321 e. The molecule has 7 heteroatoms. The second-order valence-corrected chi connectivity index (χ2v) is 6.65. The molecule has 0 atom stereocenters. The molecule has 0 spiro atoms. The SMILES string of the molecule is Cc1nc(NC(=O)c2ccc(Cl)cc2)sc1C(=O)Nc1ccccc1. The van der Waals surface area contributed by atoms with Gasteiger partial charge in [0.1, 0.15) is 4.88 Å². The first-order valence-corrected chi connectivity index (χ1v) is 8.63. The van der Waals surface area contributed by atoms with Crippen molar-refractivity contribution in [3.63, 3.8) is 0 Å². The number of amides is 2. The molecule has 0 unspecified atom stereocenters. The fourth-order valence-electron chi connectivity index (χ4n) is 2.14. The monoisotopic (exact) mass is 371 g/mol. The van der Waals surface area contributed by atoms with Crippen LogP contribution < -0.4 is 10.6 Å². The number of halogens is 1. The van der Waals surface area contributed by atoms with Gasteiger partial charge in [-0.1, -0.05) is 41.1 Å². The number of nitrogens with one attached hydrogen (secondary N) is 2. The number of nitrogens with zero attached hydrogens (tertiary/aromatic N) is 1. The fraction of sp³-hybridized carbons (Fsp3) is 0.0556. The lowest BCUT2D eigenvalue weighted by Gasteiger charge is -2.03. The molecule has 3 aromatic rings. The Kier molecular flexibility index (Phi) is 5.11.